The summed E-state index contributed by atoms with van der Waals surface area (Å²) >= 11 is 1.33. The number of rotatable bonds is 8. The highest BCUT2D eigenvalue weighted by Gasteiger charge is 2.50. The maximum atomic E-state index is 14.0. The molecule has 2 aliphatic heterocycles. The highest BCUT2D eigenvalue weighted by molar-refractivity contribution is 7.92. The number of aromatic nitrogens is 1. The molecule has 0 radical (unpaired) electrons. The Labute approximate surface area is 243 Å². The Balaban J connectivity index is 1.43. The number of ether oxygens (including phenoxy) is 1. The average molecular weight is 603 g/mol. The van der Waals surface area contributed by atoms with Crippen LogP contribution in [0.5, 0.6) is 0 Å². The van der Waals surface area contributed by atoms with Gasteiger partial charge < -0.3 is 19.4 Å². The fourth-order valence-corrected chi connectivity index (χ4v) is 8.77. The minimum absolute atomic E-state index is 0.0469. The summed E-state index contributed by atoms with van der Waals surface area (Å²) in [5.74, 6) is -0.167. The molecule has 1 aromatic carbocycles. The molecule has 3 amide bonds. The van der Waals surface area contributed by atoms with Gasteiger partial charge in [0, 0.05) is 48.0 Å². The zero-order valence-corrected chi connectivity index (χ0v) is 24.5. The predicted molar refractivity (Wildman–Crippen MR) is 153 cm³/mol. The molecular weight excluding hydrogens is 568 g/mol. The van der Waals surface area contributed by atoms with Crippen LogP contribution in [0.25, 0.3) is 21.8 Å². The van der Waals surface area contributed by atoms with Gasteiger partial charge in [-0.1, -0.05) is 24.3 Å². The van der Waals surface area contributed by atoms with Crippen molar-refractivity contribution >= 4 is 33.1 Å². The molecule has 0 bridgehead atoms. The van der Waals surface area contributed by atoms with Crippen LogP contribution in [0.4, 0.5) is 4.79 Å². The fourth-order valence-electron chi connectivity index (χ4n) is 5.16. The summed E-state index contributed by atoms with van der Waals surface area (Å²) < 4.78 is 37.4. The molecule has 0 spiro atoms. The minimum Gasteiger partial charge on any atom is -0.444 e. The average Bonchev–Trinajstić information content (AvgIpc) is 3.67. The van der Waals surface area contributed by atoms with E-state index in [1.54, 1.807) is 12.3 Å². The van der Waals surface area contributed by atoms with Gasteiger partial charge in [-0.3, -0.25) is 4.79 Å². The number of urea groups is 1. The number of hydrogen-bond donors (Lipinski definition) is 2. The van der Waals surface area contributed by atoms with Gasteiger partial charge in [0.15, 0.2) is 28.3 Å². The molecule has 2 aliphatic rings. The van der Waals surface area contributed by atoms with Crippen LogP contribution >= 0.6 is 11.3 Å². The number of carbonyl (C=O) groups is 2. The van der Waals surface area contributed by atoms with Gasteiger partial charge in [-0.2, -0.15) is 0 Å². The molecule has 0 saturated carbocycles. The summed E-state index contributed by atoms with van der Waals surface area (Å²) in [6.45, 7) is 3.02. The van der Waals surface area contributed by atoms with Crippen molar-refractivity contribution in [2.75, 3.05) is 32.0 Å². The Morgan fingerprint density at radius 3 is 2.66 bits per heavy atom. The first-order valence-electron chi connectivity index (χ1n) is 13.7. The van der Waals surface area contributed by atoms with E-state index in [1.807, 2.05) is 37.3 Å². The molecule has 2 saturated heterocycles. The molecule has 5 rings (SSSR count). The summed E-state index contributed by atoms with van der Waals surface area (Å²) in [7, 11) is -3.88. The van der Waals surface area contributed by atoms with Crippen LogP contribution in [0.15, 0.2) is 53.4 Å². The Bertz CT molecular complexity index is 1430. The standard InChI is InChI=1S/C28H34N4O7S2/c1-2-30-27(34)32-13-12-28(41(35,36)16-14-32,17-25(33)31-39-26-5-3-4-15-37-26)24-11-10-23(40-24)21-8-6-20(7-9-21)22-18-29-19-38-22/h6-11,18-19,26H,2-5,12-17H2,1H3,(H,30,34)(H,31,33). The first-order chi connectivity index (χ1) is 19.8. The molecular formula is C28H34N4O7S2. The van der Waals surface area contributed by atoms with Crippen LogP contribution in [0.2, 0.25) is 0 Å². The van der Waals surface area contributed by atoms with E-state index in [9.17, 15) is 18.0 Å². The molecule has 0 aliphatic carbocycles. The lowest BCUT2D eigenvalue weighted by Crippen LogP contribution is -2.43. The van der Waals surface area contributed by atoms with Crippen molar-refractivity contribution in [1.82, 2.24) is 20.7 Å². The first-order valence-corrected chi connectivity index (χ1v) is 16.2. The van der Waals surface area contributed by atoms with E-state index >= 15 is 0 Å². The van der Waals surface area contributed by atoms with E-state index in [4.69, 9.17) is 14.0 Å². The number of nitrogens with zero attached hydrogens (tertiary/aromatic N) is 2. The smallest absolute Gasteiger partial charge is 0.317 e. The molecule has 2 unspecified atom stereocenters. The second kappa shape index (κ2) is 12.7. The van der Waals surface area contributed by atoms with Gasteiger partial charge in [0.1, 0.15) is 4.75 Å². The molecule has 3 aromatic rings. The number of hydrogen-bond acceptors (Lipinski definition) is 9. The lowest BCUT2D eigenvalue weighted by atomic mass is 9.97. The summed E-state index contributed by atoms with van der Waals surface area (Å²) in [5, 5.41) is 2.75. The largest absolute Gasteiger partial charge is 0.444 e. The molecule has 11 nitrogen and oxygen atoms in total. The van der Waals surface area contributed by atoms with Gasteiger partial charge in [-0.15, -0.1) is 11.3 Å². The number of thiophene rings is 1. The Morgan fingerprint density at radius 1 is 1.15 bits per heavy atom. The van der Waals surface area contributed by atoms with Crippen LogP contribution < -0.4 is 10.8 Å². The maximum Gasteiger partial charge on any atom is 0.317 e. The summed E-state index contributed by atoms with van der Waals surface area (Å²) in [5.41, 5.74) is 4.20. The molecule has 2 aromatic heterocycles. The molecule has 220 valence electrons. The third-order valence-electron chi connectivity index (χ3n) is 7.46. The topological polar surface area (TPSA) is 140 Å². The summed E-state index contributed by atoms with van der Waals surface area (Å²) in [6.07, 6.45) is 4.69. The molecule has 13 heteroatoms. The van der Waals surface area contributed by atoms with Gasteiger partial charge in [-0.05, 0) is 43.9 Å². The summed E-state index contributed by atoms with van der Waals surface area (Å²) in [6, 6.07) is 11.0. The quantitative estimate of drug-likeness (QED) is 0.368. The van der Waals surface area contributed by atoms with Crippen LogP contribution in [-0.2, 0) is 29.0 Å². The van der Waals surface area contributed by atoms with E-state index in [0.29, 0.717) is 30.2 Å². The first kappa shape index (κ1) is 29.2. The van der Waals surface area contributed by atoms with Crippen molar-refractivity contribution in [2.24, 2.45) is 0 Å². The lowest BCUT2D eigenvalue weighted by molar-refractivity contribution is -0.200. The predicted octanol–water partition coefficient (Wildman–Crippen LogP) is 4.08. The second-order valence-electron chi connectivity index (χ2n) is 10.1. The maximum absolute atomic E-state index is 14.0. The number of sulfone groups is 1. The molecule has 2 N–H and O–H groups in total. The zero-order chi connectivity index (χ0) is 28.9. The van der Waals surface area contributed by atoms with Crippen LogP contribution in [0.1, 0.15) is 43.9 Å². The van der Waals surface area contributed by atoms with Gasteiger partial charge in [0.2, 0.25) is 5.91 Å². The van der Waals surface area contributed by atoms with Crippen LogP contribution in [-0.4, -0.2) is 68.5 Å². The second-order valence-corrected chi connectivity index (χ2v) is 13.6. The van der Waals surface area contributed by atoms with Gasteiger partial charge in [-0.25, -0.2) is 28.5 Å². The van der Waals surface area contributed by atoms with E-state index in [1.165, 1.54) is 22.6 Å². The van der Waals surface area contributed by atoms with E-state index < -0.39 is 26.8 Å². The van der Waals surface area contributed by atoms with Crippen molar-refractivity contribution in [3.63, 3.8) is 0 Å². The van der Waals surface area contributed by atoms with Crippen molar-refractivity contribution in [2.45, 2.75) is 50.1 Å². The van der Waals surface area contributed by atoms with Crippen molar-refractivity contribution in [3.8, 4) is 21.8 Å². The van der Waals surface area contributed by atoms with Gasteiger partial charge in [0.05, 0.1) is 18.4 Å². The lowest BCUT2D eigenvalue weighted by Gasteiger charge is -2.31. The molecule has 41 heavy (non-hydrogen) atoms. The van der Waals surface area contributed by atoms with E-state index in [2.05, 4.69) is 15.8 Å². The van der Waals surface area contributed by atoms with Gasteiger partial charge >= 0.3 is 6.03 Å². The fraction of sp³-hybridized carbons (Fsp3) is 0.464. The molecule has 2 atom stereocenters. The highest BCUT2D eigenvalue weighted by atomic mass is 32.2. The third kappa shape index (κ3) is 6.48. The van der Waals surface area contributed by atoms with E-state index in [-0.39, 0.29) is 37.7 Å². The van der Waals surface area contributed by atoms with Crippen LogP contribution in [0, 0.1) is 0 Å². The van der Waals surface area contributed by atoms with Crippen LogP contribution in [0.3, 0.4) is 0 Å². The number of oxazole rings is 1. The van der Waals surface area contributed by atoms with Gasteiger partial charge in [0.25, 0.3) is 0 Å². The number of nitrogens with one attached hydrogen (secondary N) is 2. The Hall–Kier alpha value is -3.26. The Kier molecular flexibility index (Phi) is 9.07. The number of hydroxylamine groups is 1. The SMILES string of the molecule is CCNC(=O)N1CCC(CC(=O)NOC2CCCCO2)(c2ccc(-c3ccc(-c4cnco4)cc3)s2)S(=O)(=O)CC1. The van der Waals surface area contributed by atoms with Crippen molar-refractivity contribution in [3.05, 3.63) is 53.9 Å². The Morgan fingerprint density at radius 2 is 1.95 bits per heavy atom. The van der Waals surface area contributed by atoms with Crippen molar-refractivity contribution in [1.29, 1.82) is 0 Å². The monoisotopic (exact) mass is 602 g/mol. The van der Waals surface area contributed by atoms with E-state index in [0.717, 1.165) is 28.8 Å². The minimum atomic E-state index is -3.88. The highest BCUT2D eigenvalue weighted by Crippen LogP contribution is 2.45. The number of carbonyl (C=O) groups excluding carboxylic acids is 2. The molecule has 4 heterocycles. The zero-order valence-electron chi connectivity index (χ0n) is 22.8. The molecule has 2 fully saturated rings. The summed E-state index contributed by atoms with van der Waals surface area (Å²) in [4.78, 5) is 38.2. The third-order valence-corrected chi connectivity index (χ3v) is 11.4. The van der Waals surface area contributed by atoms with Crippen molar-refractivity contribution < 1.29 is 32.0 Å². The number of amides is 3. The number of benzene rings is 1. The normalized spacial score (nSPS) is 22.6.